The Morgan fingerprint density at radius 2 is 1.79 bits per heavy atom. The molecule has 0 aliphatic carbocycles. The number of rotatable bonds is 4. The van der Waals surface area contributed by atoms with Crippen molar-refractivity contribution < 1.29 is 23.9 Å². The Balaban J connectivity index is 1.85. The smallest absolute Gasteiger partial charge is 0.410 e. The van der Waals surface area contributed by atoms with Crippen LogP contribution in [0.25, 0.3) is 0 Å². The van der Waals surface area contributed by atoms with Gasteiger partial charge in [0.05, 0.1) is 0 Å². The molecule has 0 saturated carbocycles. The summed E-state index contributed by atoms with van der Waals surface area (Å²) >= 11 is 0. The van der Waals surface area contributed by atoms with Crippen molar-refractivity contribution >= 4 is 29.5 Å². The van der Waals surface area contributed by atoms with Crippen LogP contribution in [-0.4, -0.2) is 46.9 Å². The van der Waals surface area contributed by atoms with Crippen molar-refractivity contribution in [2.75, 3.05) is 11.9 Å². The van der Waals surface area contributed by atoms with Gasteiger partial charge in [0.2, 0.25) is 5.91 Å². The van der Waals surface area contributed by atoms with Crippen molar-refractivity contribution in [3.8, 4) is 0 Å². The highest BCUT2D eigenvalue weighted by atomic mass is 16.6. The third kappa shape index (κ3) is 5.57. The van der Waals surface area contributed by atoms with Crippen molar-refractivity contribution in [3.63, 3.8) is 0 Å². The number of amides is 4. The summed E-state index contributed by atoms with van der Waals surface area (Å²) in [6.45, 7) is 9.00. The molecule has 1 fully saturated rings. The number of anilines is 1. The third-order valence-corrected chi connectivity index (χ3v) is 3.85. The standard InChI is InChI=1S/C19H24N4O5/c1-5-15(24)20-13-8-6-12(7-9-13)16(25)21-22-17(26)14-10-11-23(14)18(27)28-19(2,3)4/h5-9,14H,1,10-11H2,2-4H3,(H,20,24)(H,21,25)(H,22,26). The minimum absolute atomic E-state index is 0.287. The van der Waals surface area contributed by atoms with E-state index >= 15 is 0 Å². The van der Waals surface area contributed by atoms with E-state index in [9.17, 15) is 19.2 Å². The summed E-state index contributed by atoms with van der Waals surface area (Å²) in [4.78, 5) is 48.9. The number of benzene rings is 1. The molecule has 1 unspecified atom stereocenters. The fourth-order valence-corrected chi connectivity index (χ4v) is 2.37. The van der Waals surface area contributed by atoms with Crippen molar-refractivity contribution in [1.29, 1.82) is 0 Å². The number of hydrogen-bond acceptors (Lipinski definition) is 5. The molecule has 9 heteroatoms. The fourth-order valence-electron chi connectivity index (χ4n) is 2.37. The van der Waals surface area contributed by atoms with Crippen molar-refractivity contribution in [2.45, 2.75) is 38.8 Å². The Labute approximate surface area is 163 Å². The van der Waals surface area contributed by atoms with E-state index in [1.54, 1.807) is 32.9 Å². The summed E-state index contributed by atoms with van der Waals surface area (Å²) in [5.74, 6) is -1.39. The first-order chi connectivity index (χ1) is 13.1. The van der Waals surface area contributed by atoms with E-state index in [1.807, 2.05) is 0 Å². The van der Waals surface area contributed by atoms with Crippen molar-refractivity contribution in [3.05, 3.63) is 42.5 Å². The van der Waals surface area contributed by atoms with Crippen LogP contribution in [0.3, 0.4) is 0 Å². The quantitative estimate of drug-likeness (QED) is 0.535. The summed E-state index contributed by atoms with van der Waals surface area (Å²) in [6, 6.07) is 5.40. The molecule has 1 saturated heterocycles. The largest absolute Gasteiger partial charge is 0.444 e. The van der Waals surface area contributed by atoms with Gasteiger partial charge in [-0.1, -0.05) is 6.58 Å². The molecule has 9 nitrogen and oxygen atoms in total. The number of hydrazine groups is 1. The number of carbonyl (C=O) groups is 4. The van der Waals surface area contributed by atoms with Gasteiger partial charge in [-0.3, -0.25) is 30.1 Å². The average molecular weight is 388 g/mol. The molecule has 1 aromatic rings. The molecule has 0 bridgehead atoms. The first-order valence-electron chi connectivity index (χ1n) is 8.74. The number of likely N-dealkylation sites (tertiary alicyclic amines) is 1. The number of hydrogen-bond donors (Lipinski definition) is 3. The number of carbonyl (C=O) groups excluding carboxylic acids is 4. The molecule has 3 N–H and O–H groups in total. The molecule has 1 atom stereocenters. The van der Waals surface area contributed by atoms with Crippen LogP contribution in [0.5, 0.6) is 0 Å². The second kappa shape index (κ2) is 8.55. The summed E-state index contributed by atoms with van der Waals surface area (Å²) < 4.78 is 5.25. The monoisotopic (exact) mass is 388 g/mol. The predicted molar refractivity (Wildman–Crippen MR) is 102 cm³/mol. The molecule has 0 spiro atoms. The lowest BCUT2D eigenvalue weighted by molar-refractivity contribution is -0.131. The average Bonchev–Trinajstić information content (AvgIpc) is 2.57. The maximum Gasteiger partial charge on any atom is 0.410 e. The Hall–Kier alpha value is -3.36. The van der Waals surface area contributed by atoms with Crippen LogP contribution in [0.2, 0.25) is 0 Å². The first kappa shape index (κ1) is 20.9. The lowest BCUT2D eigenvalue weighted by Crippen LogP contribution is -2.61. The van der Waals surface area contributed by atoms with Crippen molar-refractivity contribution in [2.24, 2.45) is 0 Å². The minimum atomic E-state index is -0.688. The van der Waals surface area contributed by atoms with Gasteiger partial charge in [0.15, 0.2) is 0 Å². The molecule has 0 aromatic heterocycles. The third-order valence-electron chi connectivity index (χ3n) is 3.85. The number of ether oxygens (including phenoxy) is 1. The predicted octanol–water partition coefficient (Wildman–Crippen LogP) is 1.58. The summed E-state index contributed by atoms with van der Waals surface area (Å²) in [6.07, 6.45) is 1.05. The minimum Gasteiger partial charge on any atom is -0.444 e. The number of nitrogens with zero attached hydrogens (tertiary/aromatic N) is 1. The summed E-state index contributed by atoms with van der Waals surface area (Å²) in [7, 11) is 0. The van der Waals surface area contributed by atoms with Gasteiger partial charge < -0.3 is 10.1 Å². The Morgan fingerprint density at radius 1 is 1.14 bits per heavy atom. The zero-order valence-electron chi connectivity index (χ0n) is 16.1. The van der Waals surface area contributed by atoms with E-state index in [0.717, 1.165) is 6.08 Å². The Bertz CT molecular complexity index is 783. The molecule has 150 valence electrons. The molecule has 1 aliphatic rings. The van der Waals surface area contributed by atoms with Gasteiger partial charge >= 0.3 is 6.09 Å². The van der Waals surface area contributed by atoms with Crippen LogP contribution in [0.15, 0.2) is 36.9 Å². The van der Waals surface area contributed by atoms with Crippen LogP contribution in [-0.2, 0) is 14.3 Å². The number of nitrogens with one attached hydrogen (secondary N) is 3. The molecular formula is C19H24N4O5. The summed E-state index contributed by atoms with van der Waals surface area (Å²) in [5, 5.41) is 2.56. The van der Waals surface area contributed by atoms with Gasteiger partial charge in [0.25, 0.3) is 11.8 Å². The lowest BCUT2D eigenvalue weighted by atomic mass is 10.0. The zero-order valence-corrected chi connectivity index (χ0v) is 16.1. The molecule has 2 rings (SSSR count). The van der Waals surface area contributed by atoms with Crippen LogP contribution in [0, 0.1) is 0 Å². The summed E-state index contributed by atoms with van der Waals surface area (Å²) in [5.41, 5.74) is 4.76. The lowest BCUT2D eigenvalue weighted by Gasteiger charge is -2.40. The van der Waals surface area contributed by atoms with Crippen LogP contribution in [0.1, 0.15) is 37.6 Å². The molecule has 1 aliphatic heterocycles. The van der Waals surface area contributed by atoms with Crippen LogP contribution >= 0.6 is 0 Å². The Morgan fingerprint density at radius 3 is 2.29 bits per heavy atom. The van der Waals surface area contributed by atoms with Gasteiger partial charge in [-0.25, -0.2) is 4.79 Å². The molecule has 0 radical (unpaired) electrons. The highest BCUT2D eigenvalue weighted by Crippen LogP contribution is 2.21. The highest BCUT2D eigenvalue weighted by molar-refractivity contribution is 6.00. The van der Waals surface area contributed by atoms with Gasteiger partial charge in [-0.05, 0) is 57.5 Å². The van der Waals surface area contributed by atoms with Crippen molar-refractivity contribution in [1.82, 2.24) is 15.8 Å². The van der Waals surface area contributed by atoms with E-state index in [-0.39, 0.29) is 11.5 Å². The van der Waals surface area contributed by atoms with Gasteiger partial charge in [0.1, 0.15) is 11.6 Å². The fraction of sp³-hybridized carbons (Fsp3) is 0.368. The molecule has 1 aromatic carbocycles. The van der Waals surface area contributed by atoms with E-state index in [0.29, 0.717) is 18.7 Å². The first-order valence-corrected chi connectivity index (χ1v) is 8.74. The Kier molecular flexibility index (Phi) is 6.40. The molecule has 28 heavy (non-hydrogen) atoms. The highest BCUT2D eigenvalue weighted by Gasteiger charge is 2.40. The van der Waals surface area contributed by atoms with E-state index in [1.165, 1.54) is 17.0 Å². The van der Waals surface area contributed by atoms with Gasteiger partial charge in [-0.15, -0.1) is 0 Å². The maximum atomic E-state index is 12.2. The van der Waals surface area contributed by atoms with E-state index in [2.05, 4.69) is 22.7 Å². The zero-order chi connectivity index (χ0) is 20.9. The second-order valence-electron chi connectivity index (χ2n) is 7.19. The normalized spacial score (nSPS) is 15.7. The molecule has 4 amide bonds. The van der Waals surface area contributed by atoms with Crippen LogP contribution < -0.4 is 16.2 Å². The topological polar surface area (TPSA) is 117 Å². The molecule has 1 heterocycles. The maximum absolute atomic E-state index is 12.2. The second-order valence-corrected chi connectivity index (χ2v) is 7.19. The van der Waals surface area contributed by atoms with Gasteiger partial charge in [-0.2, -0.15) is 0 Å². The SMILES string of the molecule is C=CC(=O)Nc1ccc(C(=O)NNC(=O)C2CCN2C(=O)OC(C)(C)C)cc1. The van der Waals surface area contributed by atoms with Crippen LogP contribution in [0.4, 0.5) is 10.5 Å². The molecular weight excluding hydrogens is 364 g/mol. The van der Waals surface area contributed by atoms with E-state index < -0.39 is 29.6 Å². The van der Waals surface area contributed by atoms with Gasteiger partial charge in [0, 0.05) is 17.8 Å². The van der Waals surface area contributed by atoms with E-state index in [4.69, 9.17) is 4.74 Å².